The van der Waals surface area contributed by atoms with E-state index in [4.69, 9.17) is 61.6 Å². The number of ether oxygens (including phenoxy) is 13. The molecule has 23 N–H and O–H groups in total. The molecule has 0 spiro atoms. The van der Waals surface area contributed by atoms with Gasteiger partial charge in [-0.2, -0.15) is 0 Å². The molecular weight excluding hydrogens is 1230 g/mol. The molecule has 7 fully saturated rings. The number of rotatable bonds is 23. The van der Waals surface area contributed by atoms with E-state index in [9.17, 15) is 116 Å². The third-order valence-corrected chi connectivity index (χ3v) is 16.1. The summed E-state index contributed by atoms with van der Waals surface area (Å²) >= 11 is 0. The van der Waals surface area contributed by atoms with Crippen LogP contribution in [-0.4, -0.2) is 382 Å². The summed E-state index contributed by atoms with van der Waals surface area (Å²) in [4.78, 5) is 49.6. The molecule has 7 rings (SSSR count). The second-order valence-corrected chi connectivity index (χ2v) is 22.5. The number of aliphatic hydroxyl groups excluding tert-OH is 19. The lowest BCUT2D eigenvalue weighted by atomic mass is 9.94. The monoisotopic (exact) mass is 1320 g/mol. The number of hydrogen-bond acceptors (Lipinski definition) is 36. The first kappa shape index (κ1) is 74.0. The standard InChI is InChI=1S/C50H84N4O36/c1-12(61)51-23-32(70)39(19(8-58)79-44(23)77)86-46-25(53-14(3)63)34(72)41(21(10-60)83-46)88-49-38(76)42(89-48-37(75)35(73)28(66)17(6-56)81-48)30(68)22(85-49)11-78-50-43(36(74)29(67)18(7-57)82-50)90-47-26(54-15(4)64)33(71)40(20(9-59)84-47)87-45-24(52-13(2)62)31(69)27(65)16(5-55)80-45/h16-50,55-60,65-77H,5-11H2,1-4H3,(H,51,61)(H,52,62)(H,53,63)(H,54,64)/t16-,17-,18-,19-,20-,21-,22-,23-,24-,25-,26-,27-,28-,29-,30-,31-,32-,33-,34-,35+,36+,37+,38+,39-,40-,41-,42+,43+,44-,45+,46+,47+,48-,49+,50+/m1/s1. The summed E-state index contributed by atoms with van der Waals surface area (Å²) < 4.78 is 76.2. The molecule has 0 unspecified atom stereocenters. The largest absolute Gasteiger partial charge is 0.394 e. The predicted molar refractivity (Wildman–Crippen MR) is 278 cm³/mol. The van der Waals surface area contributed by atoms with Crippen molar-refractivity contribution in [3.63, 3.8) is 0 Å². The first-order valence-electron chi connectivity index (χ1n) is 28.6. The summed E-state index contributed by atoms with van der Waals surface area (Å²) in [6.07, 6.45) is -60.7. The van der Waals surface area contributed by atoms with Gasteiger partial charge in [0.05, 0.1) is 46.2 Å². The zero-order valence-electron chi connectivity index (χ0n) is 48.6. The van der Waals surface area contributed by atoms with Gasteiger partial charge in [0.25, 0.3) is 0 Å². The van der Waals surface area contributed by atoms with E-state index in [0.29, 0.717) is 0 Å². The maximum Gasteiger partial charge on any atom is 0.217 e. The van der Waals surface area contributed by atoms with Crippen LogP contribution in [0.2, 0.25) is 0 Å². The van der Waals surface area contributed by atoms with Gasteiger partial charge in [-0.25, -0.2) is 0 Å². The Morgan fingerprint density at radius 1 is 0.289 bits per heavy atom. The molecule has 7 aliphatic rings. The van der Waals surface area contributed by atoms with Crippen molar-refractivity contribution in [3.05, 3.63) is 0 Å². The predicted octanol–water partition coefficient (Wildman–Crippen LogP) is -15.7. The van der Waals surface area contributed by atoms with Crippen LogP contribution in [0.5, 0.6) is 0 Å². The maximum atomic E-state index is 12.8. The number of amides is 4. The molecule has 7 heterocycles. The summed E-state index contributed by atoms with van der Waals surface area (Å²) in [7, 11) is 0. The summed E-state index contributed by atoms with van der Waals surface area (Å²) in [6.45, 7) is -2.98. The van der Waals surface area contributed by atoms with Crippen molar-refractivity contribution >= 4 is 23.6 Å². The van der Waals surface area contributed by atoms with Crippen molar-refractivity contribution in [2.75, 3.05) is 46.2 Å². The Labute approximate surface area is 510 Å². The van der Waals surface area contributed by atoms with E-state index in [1.165, 1.54) is 0 Å². The highest BCUT2D eigenvalue weighted by Gasteiger charge is 2.59. The van der Waals surface area contributed by atoms with Gasteiger partial charge in [0, 0.05) is 27.7 Å². The zero-order chi connectivity index (χ0) is 66.5. The topological polar surface area (TPSA) is 621 Å². The normalized spacial score (nSPS) is 47.6. The first-order chi connectivity index (χ1) is 42.5. The quantitative estimate of drug-likeness (QED) is 0.0452. The summed E-state index contributed by atoms with van der Waals surface area (Å²) in [6, 6.07) is -6.79. The van der Waals surface area contributed by atoms with Crippen molar-refractivity contribution in [3.8, 4) is 0 Å². The SMILES string of the molecule is CC(=O)N[C@@H]1[C@@H](O)[C@H](O[C@@H]2O[C@H](CO)[C@@H](O[C@@H]3O[C@H](CO[C@H]4O[C@H](CO)[C@@H](O)[C@H](O)[C@@H]4O[C@@H]4O[C@H](CO)[C@@H](O[C@@H]5O[C@H](CO)[C@@H](O)[C@H](O)[C@H]5NC(C)=O)[C@H](O)[C@H]4NC(C)=O)[C@@H](O)[C@H](O[C@H]4O[C@H](CO)[C@@H](O)[C@H](O)[C@@H]4O)[C@@H]3O)[C@H](O)[C@H]2NC(C)=O)[C@@H](CO)O[C@H]1O. The van der Waals surface area contributed by atoms with Gasteiger partial charge in [-0.3, -0.25) is 19.2 Å². The Balaban J connectivity index is 1.17. The molecule has 0 radical (unpaired) electrons. The fraction of sp³-hybridized carbons (Fsp3) is 0.920. The van der Waals surface area contributed by atoms with Crippen molar-refractivity contribution in [1.82, 2.24) is 21.3 Å². The van der Waals surface area contributed by atoms with Crippen LogP contribution in [0.3, 0.4) is 0 Å². The van der Waals surface area contributed by atoms with E-state index in [1.807, 2.05) is 0 Å². The minimum absolute atomic E-state index is 0.740. The molecule has 7 saturated heterocycles. The average molecular weight is 1320 g/mol. The van der Waals surface area contributed by atoms with Crippen molar-refractivity contribution in [2.24, 2.45) is 0 Å². The molecular formula is C50H84N4O36. The van der Waals surface area contributed by atoms with Crippen LogP contribution in [0.1, 0.15) is 27.7 Å². The lowest BCUT2D eigenvalue weighted by Crippen LogP contribution is -2.70. The van der Waals surface area contributed by atoms with E-state index in [1.54, 1.807) is 0 Å². The van der Waals surface area contributed by atoms with Gasteiger partial charge >= 0.3 is 0 Å². The van der Waals surface area contributed by atoms with Gasteiger partial charge in [-0.05, 0) is 0 Å². The molecule has 7 aliphatic heterocycles. The van der Waals surface area contributed by atoms with Gasteiger partial charge in [0.1, 0.15) is 171 Å². The molecule has 0 aromatic carbocycles. The van der Waals surface area contributed by atoms with E-state index in [2.05, 4.69) is 21.3 Å². The Bertz CT molecular complexity index is 2310. The van der Waals surface area contributed by atoms with E-state index >= 15 is 0 Å². The van der Waals surface area contributed by atoms with Crippen LogP contribution >= 0.6 is 0 Å². The molecule has 0 aliphatic carbocycles. The number of aliphatic hydroxyl groups is 19. The highest BCUT2D eigenvalue weighted by Crippen LogP contribution is 2.38. The minimum atomic E-state index is -2.35. The maximum absolute atomic E-state index is 12.8. The third kappa shape index (κ3) is 16.4. The Morgan fingerprint density at radius 3 is 1.04 bits per heavy atom. The Morgan fingerprint density at radius 2 is 0.600 bits per heavy atom. The first-order valence-corrected chi connectivity index (χ1v) is 28.6. The number of nitrogens with one attached hydrogen (secondary N) is 4. The van der Waals surface area contributed by atoms with E-state index in [0.717, 1.165) is 27.7 Å². The molecule has 0 saturated carbocycles. The van der Waals surface area contributed by atoms with Gasteiger partial charge in [0.15, 0.2) is 44.0 Å². The summed E-state index contributed by atoms with van der Waals surface area (Å²) in [5, 5.41) is 217. The fourth-order valence-corrected chi connectivity index (χ4v) is 11.5. The van der Waals surface area contributed by atoms with Crippen molar-refractivity contribution in [2.45, 2.75) is 242 Å². The minimum Gasteiger partial charge on any atom is -0.394 e. The number of carbonyl (C=O) groups excluding carboxylic acids is 4. The zero-order valence-corrected chi connectivity index (χ0v) is 48.6. The molecule has 90 heavy (non-hydrogen) atoms. The van der Waals surface area contributed by atoms with E-state index in [-0.39, 0.29) is 0 Å². The lowest BCUT2D eigenvalue weighted by Gasteiger charge is -2.50. The fourth-order valence-electron chi connectivity index (χ4n) is 11.5. The molecule has 35 atom stereocenters. The third-order valence-electron chi connectivity index (χ3n) is 16.1. The smallest absolute Gasteiger partial charge is 0.217 e. The highest BCUT2D eigenvalue weighted by atomic mass is 16.8. The van der Waals surface area contributed by atoms with Crippen LogP contribution in [0.15, 0.2) is 0 Å². The molecule has 0 bridgehead atoms. The van der Waals surface area contributed by atoms with Gasteiger partial charge in [-0.1, -0.05) is 0 Å². The van der Waals surface area contributed by atoms with Crippen LogP contribution in [0.25, 0.3) is 0 Å². The lowest BCUT2D eigenvalue weighted by molar-refractivity contribution is -0.388. The average Bonchev–Trinajstić information content (AvgIpc) is 0.837. The second kappa shape index (κ2) is 32.4. The summed E-state index contributed by atoms with van der Waals surface area (Å²) in [5.74, 6) is -3.25. The van der Waals surface area contributed by atoms with Gasteiger partial charge in [-0.15, -0.1) is 0 Å². The molecule has 4 amide bonds. The van der Waals surface area contributed by atoms with Crippen LogP contribution in [-0.2, 0) is 80.8 Å². The number of carbonyl (C=O) groups is 4. The van der Waals surface area contributed by atoms with Crippen molar-refractivity contribution in [1.29, 1.82) is 0 Å². The van der Waals surface area contributed by atoms with Gasteiger partial charge < -0.3 is 180 Å². The van der Waals surface area contributed by atoms with Crippen molar-refractivity contribution < 1.29 is 178 Å². The summed E-state index contributed by atoms with van der Waals surface area (Å²) in [5.41, 5.74) is 0. The van der Waals surface area contributed by atoms with Crippen LogP contribution in [0.4, 0.5) is 0 Å². The molecule has 0 aromatic rings. The number of hydrogen-bond donors (Lipinski definition) is 23. The molecule has 40 heteroatoms. The van der Waals surface area contributed by atoms with Crippen LogP contribution in [0, 0.1) is 0 Å². The molecule has 0 aromatic heterocycles. The highest BCUT2D eigenvalue weighted by molar-refractivity contribution is 5.74. The van der Waals surface area contributed by atoms with E-state index < -0.39 is 285 Å². The van der Waals surface area contributed by atoms with Crippen LogP contribution < -0.4 is 21.3 Å². The second-order valence-electron chi connectivity index (χ2n) is 22.5. The Kier molecular flexibility index (Phi) is 26.6. The molecule has 520 valence electrons. The Hall–Kier alpha value is -3.40. The van der Waals surface area contributed by atoms with Gasteiger partial charge in [0.2, 0.25) is 23.6 Å². The molecule has 40 nitrogen and oxygen atoms in total.